The maximum Gasteiger partial charge on any atom is 0.433 e. The third-order valence-corrected chi connectivity index (χ3v) is 4.80. The van der Waals surface area contributed by atoms with E-state index in [9.17, 15) is 19.2 Å². The standard InChI is InChI=1S/C14H18N4O3.C7H13N3O3S/c1-3-4-9-15-13(19)18-11-8-6-5-7-10(11)16-12(18)17-14(20)21-2;1-8-7(12)13-9-5(14-4)6(11)10(2)3/h5-8H,3-4,9H2,1-2H3,(H,15,19)(H,16,17,20);1-4H3,(H,8,12). The van der Waals surface area contributed by atoms with Crippen LogP contribution in [0.3, 0.4) is 0 Å². The van der Waals surface area contributed by atoms with Gasteiger partial charge >= 0.3 is 18.2 Å². The second-order valence-electron chi connectivity index (χ2n) is 6.89. The number of nitrogens with zero attached hydrogens (tertiary/aromatic N) is 4. The molecule has 3 N–H and O–H groups in total. The Kier molecular flexibility index (Phi) is 12.7. The van der Waals surface area contributed by atoms with Gasteiger partial charge in [-0.05, 0) is 24.8 Å². The molecule has 192 valence electrons. The van der Waals surface area contributed by atoms with Gasteiger partial charge in [-0.15, -0.1) is 11.8 Å². The molecule has 0 bridgehead atoms. The van der Waals surface area contributed by atoms with E-state index in [4.69, 9.17) is 0 Å². The predicted octanol–water partition coefficient (Wildman–Crippen LogP) is 2.68. The number of methoxy groups -OCH3 is 1. The van der Waals surface area contributed by atoms with Crippen molar-refractivity contribution in [3.63, 3.8) is 0 Å². The highest BCUT2D eigenvalue weighted by Crippen LogP contribution is 2.19. The van der Waals surface area contributed by atoms with Gasteiger partial charge in [-0.2, -0.15) is 0 Å². The van der Waals surface area contributed by atoms with Crippen molar-refractivity contribution in [2.75, 3.05) is 46.4 Å². The number of hydrogen-bond donors (Lipinski definition) is 3. The molecule has 0 fully saturated rings. The topological polar surface area (TPSA) is 156 Å². The van der Waals surface area contributed by atoms with Crippen molar-refractivity contribution < 1.29 is 28.8 Å². The average molecular weight is 510 g/mol. The first-order valence-electron chi connectivity index (χ1n) is 10.5. The molecular weight excluding hydrogens is 478 g/mol. The lowest BCUT2D eigenvalue weighted by atomic mass is 10.3. The van der Waals surface area contributed by atoms with Crippen molar-refractivity contribution in [2.45, 2.75) is 19.8 Å². The Balaban J connectivity index is 0.000000383. The van der Waals surface area contributed by atoms with Crippen LogP contribution in [-0.2, 0) is 14.4 Å². The fourth-order valence-electron chi connectivity index (χ4n) is 2.39. The molecule has 0 saturated carbocycles. The van der Waals surface area contributed by atoms with Gasteiger partial charge in [-0.3, -0.25) is 14.9 Å². The number of imidazole rings is 1. The van der Waals surface area contributed by atoms with E-state index in [0.29, 0.717) is 17.6 Å². The van der Waals surface area contributed by atoms with Crippen LogP contribution in [0.1, 0.15) is 19.8 Å². The molecule has 0 aliphatic rings. The Morgan fingerprint density at radius 3 is 2.43 bits per heavy atom. The fraction of sp³-hybridized carbons (Fsp3) is 0.429. The number of ether oxygens (including phenoxy) is 1. The summed E-state index contributed by atoms with van der Waals surface area (Å²) in [5.74, 6) is -0.168. The Morgan fingerprint density at radius 1 is 1.17 bits per heavy atom. The number of amides is 4. The minimum Gasteiger partial charge on any atom is -0.453 e. The van der Waals surface area contributed by atoms with Crippen LogP contribution in [0.4, 0.5) is 20.3 Å². The van der Waals surface area contributed by atoms with Crippen LogP contribution in [0.15, 0.2) is 29.4 Å². The molecular formula is C21H31N7O6S. The predicted molar refractivity (Wildman–Crippen MR) is 135 cm³/mol. The molecule has 35 heavy (non-hydrogen) atoms. The maximum atomic E-state index is 12.3. The van der Waals surface area contributed by atoms with Gasteiger partial charge in [0.05, 0.1) is 18.1 Å². The molecule has 0 radical (unpaired) electrons. The third-order valence-electron chi connectivity index (χ3n) is 4.17. The first kappa shape index (κ1) is 29.2. The fourth-order valence-corrected chi connectivity index (χ4v) is 2.86. The minimum absolute atomic E-state index is 0.124. The number of fused-ring (bicyclic) bond motifs is 1. The second kappa shape index (κ2) is 15.2. The van der Waals surface area contributed by atoms with Crippen LogP contribution in [0.5, 0.6) is 0 Å². The van der Waals surface area contributed by atoms with Crippen LogP contribution in [0, 0.1) is 0 Å². The van der Waals surface area contributed by atoms with Gasteiger partial charge < -0.3 is 20.3 Å². The van der Waals surface area contributed by atoms with Crippen LogP contribution in [0.25, 0.3) is 11.0 Å². The summed E-state index contributed by atoms with van der Waals surface area (Å²) in [5, 5.41) is 11.0. The number of carbonyl (C=O) groups excluding carboxylic acids is 4. The number of aromatic nitrogens is 2. The summed E-state index contributed by atoms with van der Waals surface area (Å²) >= 11 is 1.11. The number of oxime groups is 1. The van der Waals surface area contributed by atoms with Crippen molar-refractivity contribution >= 4 is 57.9 Å². The maximum absolute atomic E-state index is 12.3. The zero-order chi connectivity index (χ0) is 26.4. The molecule has 4 amide bonds. The second-order valence-corrected chi connectivity index (χ2v) is 7.69. The lowest BCUT2D eigenvalue weighted by Gasteiger charge is -2.09. The van der Waals surface area contributed by atoms with Gasteiger partial charge in [-0.25, -0.2) is 23.9 Å². The van der Waals surface area contributed by atoms with Gasteiger partial charge in [0.1, 0.15) is 0 Å². The molecule has 14 heteroatoms. The number of carbonyl (C=O) groups is 4. The summed E-state index contributed by atoms with van der Waals surface area (Å²) in [7, 11) is 5.84. The monoisotopic (exact) mass is 509 g/mol. The number of nitrogens with one attached hydrogen (secondary N) is 3. The number of benzene rings is 1. The number of thioether (sulfide) groups is 1. The van der Waals surface area contributed by atoms with Crippen LogP contribution in [0.2, 0.25) is 0 Å². The summed E-state index contributed by atoms with van der Waals surface area (Å²) in [6.07, 6.45) is 2.17. The van der Waals surface area contributed by atoms with Crippen LogP contribution < -0.4 is 16.0 Å². The quantitative estimate of drug-likeness (QED) is 0.183. The lowest BCUT2D eigenvalue weighted by Crippen LogP contribution is -2.31. The molecule has 1 heterocycles. The lowest BCUT2D eigenvalue weighted by molar-refractivity contribution is -0.121. The third kappa shape index (κ3) is 9.16. The van der Waals surface area contributed by atoms with Crippen LogP contribution >= 0.6 is 11.8 Å². The van der Waals surface area contributed by atoms with Gasteiger partial charge in [0, 0.05) is 27.7 Å². The molecule has 2 aromatic rings. The number of hydrogen-bond acceptors (Lipinski definition) is 9. The average Bonchev–Trinajstić information content (AvgIpc) is 3.22. The molecule has 1 aromatic carbocycles. The van der Waals surface area contributed by atoms with E-state index in [2.05, 4.69) is 35.7 Å². The molecule has 0 spiro atoms. The molecule has 0 saturated heterocycles. The summed E-state index contributed by atoms with van der Waals surface area (Å²) < 4.78 is 5.88. The Labute approximate surface area is 207 Å². The van der Waals surface area contributed by atoms with Crippen molar-refractivity contribution in [1.82, 2.24) is 25.1 Å². The first-order valence-corrected chi connectivity index (χ1v) is 11.8. The molecule has 0 aliphatic carbocycles. The number of para-hydroxylation sites is 2. The van der Waals surface area contributed by atoms with E-state index >= 15 is 0 Å². The van der Waals surface area contributed by atoms with Crippen molar-refractivity contribution in [1.29, 1.82) is 0 Å². The molecule has 2 rings (SSSR count). The Morgan fingerprint density at radius 2 is 1.86 bits per heavy atom. The van der Waals surface area contributed by atoms with Gasteiger partial charge in [0.2, 0.25) is 11.0 Å². The normalized spacial score (nSPS) is 10.5. The molecule has 13 nitrogen and oxygen atoms in total. The van der Waals surface area contributed by atoms with Gasteiger partial charge in [0.25, 0.3) is 5.91 Å². The van der Waals surface area contributed by atoms with Gasteiger partial charge in [-0.1, -0.05) is 30.6 Å². The summed E-state index contributed by atoms with van der Waals surface area (Å²) in [6.45, 7) is 2.61. The number of unbranched alkanes of at least 4 members (excludes halogenated alkanes) is 1. The van der Waals surface area contributed by atoms with E-state index < -0.39 is 12.2 Å². The van der Waals surface area contributed by atoms with E-state index in [0.717, 1.165) is 24.6 Å². The minimum atomic E-state index is -0.705. The van der Waals surface area contributed by atoms with Crippen molar-refractivity contribution in [3.05, 3.63) is 24.3 Å². The van der Waals surface area contributed by atoms with Crippen LogP contribution in [-0.4, -0.2) is 84.7 Å². The number of rotatable bonds is 5. The molecule has 0 aliphatic heterocycles. The largest absolute Gasteiger partial charge is 0.453 e. The molecule has 0 atom stereocenters. The van der Waals surface area contributed by atoms with Crippen molar-refractivity contribution in [3.8, 4) is 0 Å². The molecule has 1 aromatic heterocycles. The smallest absolute Gasteiger partial charge is 0.433 e. The summed E-state index contributed by atoms with van der Waals surface area (Å²) in [6, 6.07) is 6.83. The number of anilines is 1. The summed E-state index contributed by atoms with van der Waals surface area (Å²) in [4.78, 5) is 55.6. The highest BCUT2D eigenvalue weighted by molar-refractivity contribution is 8.15. The SMILES string of the molecule is CCCCNC(=O)n1c(NC(=O)OC)nc2ccccc21.CNC(=O)ON=C(SC)C(=O)N(C)C. The zero-order valence-electron chi connectivity index (χ0n) is 20.6. The van der Waals surface area contributed by atoms with E-state index in [1.165, 1.54) is 23.6 Å². The first-order chi connectivity index (χ1) is 16.7. The van der Waals surface area contributed by atoms with E-state index in [1.807, 2.05) is 19.1 Å². The van der Waals surface area contributed by atoms with E-state index in [-0.39, 0.29) is 22.9 Å². The summed E-state index contributed by atoms with van der Waals surface area (Å²) in [5.41, 5.74) is 1.24. The highest BCUT2D eigenvalue weighted by atomic mass is 32.2. The zero-order valence-corrected chi connectivity index (χ0v) is 21.4. The Hall–Kier alpha value is -3.81. The van der Waals surface area contributed by atoms with Gasteiger partial charge in [0.15, 0.2) is 0 Å². The van der Waals surface area contributed by atoms with E-state index in [1.54, 1.807) is 32.5 Å². The van der Waals surface area contributed by atoms with Crippen molar-refractivity contribution in [2.24, 2.45) is 5.16 Å². The Bertz CT molecular complexity index is 1050. The highest BCUT2D eigenvalue weighted by Gasteiger charge is 2.18. The molecule has 0 unspecified atom stereocenters.